The summed E-state index contributed by atoms with van der Waals surface area (Å²) < 4.78 is 19.2. The quantitative estimate of drug-likeness (QED) is 0.702. The first-order chi connectivity index (χ1) is 13.3. The van der Waals surface area contributed by atoms with Crippen LogP contribution in [0.5, 0.6) is 0 Å². The lowest BCUT2D eigenvalue weighted by Gasteiger charge is -2.29. The minimum atomic E-state index is -0.401. The van der Waals surface area contributed by atoms with Crippen molar-refractivity contribution in [3.63, 3.8) is 0 Å². The molecule has 0 saturated carbocycles. The Morgan fingerprint density at radius 1 is 1.14 bits per heavy atom. The number of halogens is 1. The van der Waals surface area contributed by atoms with Crippen molar-refractivity contribution in [2.75, 3.05) is 19.0 Å². The highest BCUT2D eigenvalue weighted by molar-refractivity contribution is 6.04. The van der Waals surface area contributed by atoms with Gasteiger partial charge in [0.25, 0.3) is 0 Å². The van der Waals surface area contributed by atoms with Gasteiger partial charge in [0.2, 0.25) is 11.8 Å². The third-order valence-corrected chi connectivity index (χ3v) is 4.75. The largest absolute Gasteiger partial charge is 0.383 e. The number of anilines is 1. The van der Waals surface area contributed by atoms with Crippen molar-refractivity contribution in [1.82, 2.24) is 4.90 Å². The van der Waals surface area contributed by atoms with E-state index in [1.165, 1.54) is 18.1 Å². The molecule has 0 aliphatic heterocycles. The predicted molar refractivity (Wildman–Crippen MR) is 107 cm³/mol. The van der Waals surface area contributed by atoms with E-state index in [4.69, 9.17) is 4.74 Å². The fourth-order valence-electron chi connectivity index (χ4n) is 2.95. The van der Waals surface area contributed by atoms with E-state index in [2.05, 4.69) is 5.32 Å². The first kappa shape index (κ1) is 21.6. The molecule has 0 spiro atoms. The van der Waals surface area contributed by atoms with E-state index in [1.54, 1.807) is 24.3 Å². The first-order valence-corrected chi connectivity index (χ1v) is 9.21. The normalized spacial score (nSPS) is 11.8. The number of ether oxygens (including phenoxy) is 1. The maximum absolute atomic E-state index is 14.0. The van der Waals surface area contributed by atoms with Gasteiger partial charge in [-0.15, -0.1) is 0 Å². The van der Waals surface area contributed by atoms with E-state index in [1.807, 2.05) is 32.9 Å². The van der Waals surface area contributed by atoms with E-state index in [9.17, 15) is 14.0 Å². The second-order valence-electron chi connectivity index (χ2n) is 6.89. The highest BCUT2D eigenvalue weighted by atomic mass is 19.1. The molecule has 0 bridgehead atoms. The number of methoxy groups -OCH3 is 1. The van der Waals surface area contributed by atoms with Crippen LogP contribution in [0.15, 0.2) is 42.5 Å². The lowest BCUT2D eigenvalue weighted by molar-refractivity contribution is -0.137. The van der Waals surface area contributed by atoms with Gasteiger partial charge in [-0.25, -0.2) is 4.39 Å². The number of carbonyl (C=O) groups excluding carboxylic acids is 2. The van der Waals surface area contributed by atoms with Crippen LogP contribution in [0.4, 0.5) is 10.1 Å². The molecule has 1 N–H and O–H groups in total. The molecule has 0 aliphatic rings. The van der Waals surface area contributed by atoms with Crippen LogP contribution in [-0.2, 0) is 20.9 Å². The number of aryl methyl sites for hydroxylation is 1. The smallest absolute Gasteiger partial charge is 0.233 e. The molecule has 2 rings (SSSR count). The van der Waals surface area contributed by atoms with Gasteiger partial charge in [-0.2, -0.15) is 0 Å². The molecule has 0 heterocycles. The SMILES string of the molecule is COCC(C)N(Cc1ccccc1F)C(=O)CC(=O)Nc1cccc(C)c1C. The molecule has 150 valence electrons. The van der Waals surface area contributed by atoms with Crippen LogP contribution in [0.25, 0.3) is 0 Å². The van der Waals surface area contributed by atoms with Gasteiger partial charge in [0.05, 0.1) is 12.6 Å². The molecule has 2 aromatic carbocycles. The standard InChI is InChI=1S/C22H27FN2O3/c1-15-8-7-11-20(17(15)3)24-21(26)12-22(27)25(16(2)14-28-4)13-18-9-5-6-10-19(18)23/h5-11,16H,12-14H2,1-4H3,(H,24,26). The van der Waals surface area contributed by atoms with Crippen LogP contribution in [0, 0.1) is 19.7 Å². The van der Waals surface area contributed by atoms with Gasteiger partial charge >= 0.3 is 0 Å². The molecular formula is C22H27FN2O3. The van der Waals surface area contributed by atoms with Crippen LogP contribution in [0.2, 0.25) is 0 Å². The van der Waals surface area contributed by atoms with E-state index in [0.717, 1.165) is 11.1 Å². The van der Waals surface area contributed by atoms with Gasteiger partial charge in [-0.1, -0.05) is 30.3 Å². The number of nitrogens with one attached hydrogen (secondary N) is 1. The number of benzene rings is 2. The van der Waals surface area contributed by atoms with E-state index in [0.29, 0.717) is 17.9 Å². The van der Waals surface area contributed by atoms with Gasteiger partial charge in [0.15, 0.2) is 0 Å². The van der Waals surface area contributed by atoms with Gasteiger partial charge in [-0.05, 0) is 44.0 Å². The predicted octanol–water partition coefficient (Wildman–Crippen LogP) is 3.83. The highest BCUT2D eigenvalue weighted by Gasteiger charge is 2.24. The first-order valence-electron chi connectivity index (χ1n) is 9.21. The van der Waals surface area contributed by atoms with E-state index < -0.39 is 5.91 Å². The molecule has 1 unspecified atom stereocenters. The minimum absolute atomic E-state index is 0.0762. The Kier molecular flexibility index (Phi) is 7.70. The van der Waals surface area contributed by atoms with Gasteiger partial charge < -0.3 is 15.0 Å². The number of hydrogen-bond donors (Lipinski definition) is 1. The number of carbonyl (C=O) groups is 2. The Labute approximate surface area is 165 Å². The van der Waals surface area contributed by atoms with Crippen LogP contribution in [0.1, 0.15) is 30.0 Å². The Morgan fingerprint density at radius 2 is 1.86 bits per heavy atom. The van der Waals surface area contributed by atoms with Crippen molar-refractivity contribution >= 4 is 17.5 Å². The summed E-state index contributed by atoms with van der Waals surface area (Å²) in [6.45, 7) is 6.05. The van der Waals surface area contributed by atoms with Gasteiger partial charge in [0.1, 0.15) is 12.2 Å². The molecule has 0 aromatic heterocycles. The fourth-order valence-corrected chi connectivity index (χ4v) is 2.95. The number of amides is 2. The molecule has 2 aromatic rings. The van der Waals surface area contributed by atoms with Crippen molar-refractivity contribution in [1.29, 1.82) is 0 Å². The second kappa shape index (κ2) is 9.99. The molecular weight excluding hydrogens is 359 g/mol. The van der Waals surface area contributed by atoms with Crippen molar-refractivity contribution < 1.29 is 18.7 Å². The third kappa shape index (κ3) is 5.63. The summed E-state index contributed by atoms with van der Waals surface area (Å²) in [5.74, 6) is -1.16. The summed E-state index contributed by atoms with van der Waals surface area (Å²) in [5.41, 5.74) is 3.09. The Balaban J connectivity index is 2.11. The van der Waals surface area contributed by atoms with Crippen molar-refractivity contribution in [3.8, 4) is 0 Å². The molecule has 0 saturated heterocycles. The number of hydrogen-bond acceptors (Lipinski definition) is 3. The number of nitrogens with zero attached hydrogens (tertiary/aromatic N) is 1. The second-order valence-corrected chi connectivity index (χ2v) is 6.89. The summed E-state index contributed by atoms with van der Waals surface area (Å²) in [7, 11) is 1.54. The average Bonchev–Trinajstić information content (AvgIpc) is 2.64. The Hall–Kier alpha value is -2.73. The molecule has 0 aliphatic carbocycles. The minimum Gasteiger partial charge on any atom is -0.383 e. The molecule has 2 amide bonds. The highest BCUT2D eigenvalue weighted by Crippen LogP contribution is 2.19. The zero-order chi connectivity index (χ0) is 20.7. The summed E-state index contributed by atoms with van der Waals surface area (Å²) in [4.78, 5) is 26.7. The topological polar surface area (TPSA) is 58.6 Å². The maximum atomic E-state index is 14.0. The maximum Gasteiger partial charge on any atom is 0.233 e. The lowest BCUT2D eigenvalue weighted by atomic mass is 10.1. The van der Waals surface area contributed by atoms with Crippen molar-refractivity contribution in [3.05, 3.63) is 65.0 Å². The molecule has 6 heteroatoms. The van der Waals surface area contributed by atoms with Gasteiger partial charge in [-0.3, -0.25) is 9.59 Å². The van der Waals surface area contributed by atoms with Gasteiger partial charge in [0, 0.05) is 24.9 Å². The monoisotopic (exact) mass is 386 g/mol. The van der Waals surface area contributed by atoms with E-state index in [-0.39, 0.29) is 30.7 Å². The summed E-state index contributed by atoms with van der Waals surface area (Å²) in [6.07, 6.45) is -0.324. The zero-order valence-electron chi connectivity index (χ0n) is 16.8. The average molecular weight is 386 g/mol. The van der Waals surface area contributed by atoms with Crippen LogP contribution in [0.3, 0.4) is 0 Å². The summed E-state index contributed by atoms with van der Waals surface area (Å²) in [6, 6.07) is 11.6. The Bertz CT molecular complexity index is 838. The number of rotatable bonds is 8. The Morgan fingerprint density at radius 3 is 2.54 bits per heavy atom. The molecule has 0 fully saturated rings. The molecule has 28 heavy (non-hydrogen) atoms. The van der Waals surface area contributed by atoms with Crippen LogP contribution >= 0.6 is 0 Å². The zero-order valence-corrected chi connectivity index (χ0v) is 16.8. The van der Waals surface area contributed by atoms with E-state index >= 15 is 0 Å². The lowest BCUT2D eigenvalue weighted by Crippen LogP contribution is -2.42. The molecule has 5 nitrogen and oxygen atoms in total. The summed E-state index contributed by atoms with van der Waals surface area (Å²) in [5, 5.41) is 2.79. The van der Waals surface area contributed by atoms with Crippen molar-refractivity contribution in [2.45, 2.75) is 39.8 Å². The van der Waals surface area contributed by atoms with Crippen LogP contribution in [-0.4, -0.2) is 36.5 Å². The van der Waals surface area contributed by atoms with Crippen molar-refractivity contribution in [2.24, 2.45) is 0 Å². The molecule has 0 radical (unpaired) electrons. The third-order valence-electron chi connectivity index (χ3n) is 4.75. The van der Waals surface area contributed by atoms with Crippen LogP contribution < -0.4 is 5.32 Å². The molecule has 1 atom stereocenters. The fraction of sp³-hybridized carbons (Fsp3) is 0.364. The summed E-state index contributed by atoms with van der Waals surface area (Å²) >= 11 is 0.